The molecule has 0 radical (unpaired) electrons. The summed E-state index contributed by atoms with van der Waals surface area (Å²) < 4.78 is 5.11. The Bertz CT molecular complexity index is 697. The zero-order chi connectivity index (χ0) is 15.5. The fraction of sp³-hybridized carbons (Fsp3) is 0.333. The van der Waals surface area contributed by atoms with Crippen LogP contribution in [0.1, 0.15) is 29.5 Å². The average Bonchev–Trinajstić information content (AvgIpc) is 3.24. The molecule has 2 aromatic rings. The summed E-state index contributed by atoms with van der Waals surface area (Å²) in [6.45, 7) is 0.486. The summed E-state index contributed by atoms with van der Waals surface area (Å²) in [4.78, 5) is 8.89. The number of halogens is 1. The number of hydrogen-bond acceptors (Lipinski definition) is 4. The molecule has 1 aromatic carbocycles. The zero-order valence-corrected chi connectivity index (χ0v) is 13.7. The molecule has 7 heteroatoms. The molecule has 0 unspecified atom stereocenters. The smallest absolute Gasteiger partial charge is 0.193 e. The molecule has 1 aromatic heterocycles. The molecule has 1 fully saturated rings. The number of rotatable bonds is 5. The Morgan fingerprint density at radius 1 is 1.55 bits per heavy atom. The molecular formula is C15H17ClN4OS. The van der Waals surface area contributed by atoms with Gasteiger partial charge in [0.15, 0.2) is 5.96 Å². The van der Waals surface area contributed by atoms with Crippen molar-refractivity contribution in [1.82, 2.24) is 4.98 Å². The predicted octanol–water partition coefficient (Wildman–Crippen LogP) is 3.61. The maximum absolute atomic E-state index is 6.07. The number of thiazole rings is 1. The van der Waals surface area contributed by atoms with E-state index in [1.807, 2.05) is 6.07 Å². The van der Waals surface area contributed by atoms with E-state index in [0.717, 1.165) is 10.7 Å². The lowest BCUT2D eigenvalue weighted by atomic mass is 10.3. The van der Waals surface area contributed by atoms with Crippen LogP contribution < -0.4 is 15.8 Å². The van der Waals surface area contributed by atoms with Crippen LogP contribution in [0, 0.1) is 0 Å². The second-order valence-corrected chi connectivity index (χ2v) is 6.47. The van der Waals surface area contributed by atoms with E-state index in [2.05, 4.69) is 20.7 Å². The maximum atomic E-state index is 6.07. The van der Waals surface area contributed by atoms with Gasteiger partial charge in [0.1, 0.15) is 10.8 Å². The van der Waals surface area contributed by atoms with Gasteiger partial charge >= 0.3 is 0 Å². The molecule has 0 atom stereocenters. The molecule has 116 valence electrons. The molecule has 0 saturated heterocycles. The van der Waals surface area contributed by atoms with E-state index in [0.29, 0.717) is 29.2 Å². The number of hydrogen-bond donors (Lipinski definition) is 2. The fourth-order valence-corrected chi connectivity index (χ4v) is 3.11. The molecular weight excluding hydrogens is 320 g/mol. The highest BCUT2D eigenvalue weighted by molar-refractivity contribution is 7.09. The SMILES string of the molecule is COc1ccc(NC(N)=NCc2nc(C3CC3)cs2)cc1Cl. The van der Waals surface area contributed by atoms with E-state index in [-0.39, 0.29) is 0 Å². The molecule has 3 rings (SSSR count). The highest BCUT2D eigenvalue weighted by Crippen LogP contribution is 2.40. The molecule has 1 saturated carbocycles. The first-order valence-corrected chi connectivity index (χ1v) is 8.26. The van der Waals surface area contributed by atoms with Crippen molar-refractivity contribution in [3.05, 3.63) is 39.3 Å². The zero-order valence-electron chi connectivity index (χ0n) is 12.2. The van der Waals surface area contributed by atoms with E-state index >= 15 is 0 Å². The number of methoxy groups -OCH3 is 1. The number of anilines is 1. The van der Waals surface area contributed by atoms with Crippen molar-refractivity contribution < 1.29 is 4.74 Å². The molecule has 0 spiro atoms. The van der Waals surface area contributed by atoms with Crippen LogP contribution in [0.15, 0.2) is 28.6 Å². The van der Waals surface area contributed by atoms with Gasteiger partial charge in [-0.2, -0.15) is 0 Å². The number of ether oxygens (including phenoxy) is 1. The van der Waals surface area contributed by atoms with Crippen LogP contribution in [0.4, 0.5) is 5.69 Å². The van der Waals surface area contributed by atoms with Crippen molar-refractivity contribution >= 4 is 34.6 Å². The number of nitrogens with one attached hydrogen (secondary N) is 1. The molecule has 0 aliphatic heterocycles. The monoisotopic (exact) mass is 336 g/mol. The summed E-state index contributed by atoms with van der Waals surface area (Å²) in [6, 6.07) is 5.36. The Labute approximate surface area is 138 Å². The van der Waals surface area contributed by atoms with Crippen molar-refractivity contribution in [2.24, 2.45) is 10.7 Å². The van der Waals surface area contributed by atoms with Gasteiger partial charge in [0.25, 0.3) is 0 Å². The summed E-state index contributed by atoms with van der Waals surface area (Å²) in [7, 11) is 1.58. The Balaban J connectivity index is 1.60. The van der Waals surface area contributed by atoms with Gasteiger partial charge in [0.2, 0.25) is 0 Å². The van der Waals surface area contributed by atoms with Crippen molar-refractivity contribution in [2.45, 2.75) is 25.3 Å². The second-order valence-electron chi connectivity index (χ2n) is 5.12. The lowest BCUT2D eigenvalue weighted by Gasteiger charge is -2.08. The van der Waals surface area contributed by atoms with Crippen LogP contribution in [0.3, 0.4) is 0 Å². The van der Waals surface area contributed by atoms with Gasteiger partial charge in [0, 0.05) is 17.0 Å². The van der Waals surface area contributed by atoms with Gasteiger partial charge in [-0.1, -0.05) is 11.6 Å². The number of nitrogens with two attached hydrogens (primary N) is 1. The third kappa shape index (κ3) is 3.69. The summed E-state index contributed by atoms with van der Waals surface area (Å²) in [5.41, 5.74) is 7.86. The minimum Gasteiger partial charge on any atom is -0.495 e. The highest BCUT2D eigenvalue weighted by atomic mass is 35.5. The molecule has 3 N–H and O–H groups in total. The number of aromatic nitrogens is 1. The standard InChI is InChI=1S/C15H17ClN4OS/c1-21-13-5-4-10(6-11(13)16)19-15(17)18-7-14-20-12(8-22-14)9-2-3-9/h4-6,8-9H,2-3,7H2,1H3,(H3,17,18,19). The van der Waals surface area contributed by atoms with E-state index in [1.165, 1.54) is 18.5 Å². The third-order valence-corrected chi connectivity index (χ3v) is 4.52. The summed E-state index contributed by atoms with van der Waals surface area (Å²) in [5, 5.41) is 6.64. The fourth-order valence-electron chi connectivity index (χ4n) is 2.05. The minimum absolute atomic E-state index is 0.337. The number of guanidine groups is 1. The largest absolute Gasteiger partial charge is 0.495 e. The third-order valence-electron chi connectivity index (χ3n) is 3.37. The van der Waals surface area contributed by atoms with Crippen molar-refractivity contribution in [2.75, 3.05) is 12.4 Å². The van der Waals surface area contributed by atoms with Gasteiger partial charge in [0.05, 0.1) is 24.4 Å². The van der Waals surface area contributed by atoms with Crippen LogP contribution in [0.2, 0.25) is 5.02 Å². The Morgan fingerprint density at radius 3 is 3.05 bits per heavy atom. The molecule has 5 nitrogen and oxygen atoms in total. The van der Waals surface area contributed by atoms with E-state index in [1.54, 1.807) is 30.6 Å². The van der Waals surface area contributed by atoms with Gasteiger partial charge in [-0.05, 0) is 31.0 Å². The van der Waals surface area contributed by atoms with Crippen LogP contribution in [0.5, 0.6) is 5.75 Å². The van der Waals surface area contributed by atoms with Gasteiger partial charge < -0.3 is 15.8 Å². The number of aliphatic imine (C=N–C) groups is 1. The van der Waals surface area contributed by atoms with Gasteiger partial charge in [-0.25, -0.2) is 9.98 Å². The minimum atomic E-state index is 0.337. The molecule has 1 heterocycles. The van der Waals surface area contributed by atoms with Crippen LogP contribution >= 0.6 is 22.9 Å². The lowest BCUT2D eigenvalue weighted by molar-refractivity contribution is 0.415. The summed E-state index contributed by atoms with van der Waals surface area (Å²) >= 11 is 7.70. The van der Waals surface area contributed by atoms with Crippen LogP contribution in [0.25, 0.3) is 0 Å². The quantitative estimate of drug-likeness (QED) is 0.646. The van der Waals surface area contributed by atoms with Crippen molar-refractivity contribution in [3.63, 3.8) is 0 Å². The van der Waals surface area contributed by atoms with Gasteiger partial charge in [-0.3, -0.25) is 0 Å². The average molecular weight is 337 g/mol. The molecule has 0 amide bonds. The first-order chi connectivity index (χ1) is 10.7. The van der Waals surface area contributed by atoms with E-state index < -0.39 is 0 Å². The van der Waals surface area contributed by atoms with Crippen LogP contribution in [-0.2, 0) is 6.54 Å². The van der Waals surface area contributed by atoms with E-state index in [9.17, 15) is 0 Å². The molecule has 22 heavy (non-hydrogen) atoms. The predicted molar refractivity (Wildman–Crippen MR) is 91.0 cm³/mol. The summed E-state index contributed by atoms with van der Waals surface area (Å²) in [5.74, 6) is 1.63. The molecule has 1 aliphatic rings. The molecule has 0 bridgehead atoms. The number of benzene rings is 1. The van der Waals surface area contributed by atoms with Crippen molar-refractivity contribution in [3.8, 4) is 5.75 Å². The topological polar surface area (TPSA) is 72.5 Å². The van der Waals surface area contributed by atoms with Crippen LogP contribution in [-0.4, -0.2) is 18.1 Å². The normalized spacial score (nSPS) is 14.9. The Kier molecular flexibility index (Phi) is 4.49. The highest BCUT2D eigenvalue weighted by Gasteiger charge is 2.25. The summed E-state index contributed by atoms with van der Waals surface area (Å²) in [6.07, 6.45) is 2.52. The number of nitrogens with zero attached hydrogens (tertiary/aromatic N) is 2. The first kappa shape index (κ1) is 15.1. The first-order valence-electron chi connectivity index (χ1n) is 7.00. The molecule has 1 aliphatic carbocycles. The Hall–Kier alpha value is -1.79. The Morgan fingerprint density at radius 2 is 2.36 bits per heavy atom. The maximum Gasteiger partial charge on any atom is 0.193 e. The van der Waals surface area contributed by atoms with Crippen molar-refractivity contribution in [1.29, 1.82) is 0 Å². The lowest BCUT2D eigenvalue weighted by Crippen LogP contribution is -2.22. The van der Waals surface area contributed by atoms with E-state index in [4.69, 9.17) is 22.1 Å². The second kappa shape index (κ2) is 6.54. The van der Waals surface area contributed by atoms with Gasteiger partial charge in [-0.15, -0.1) is 11.3 Å².